The van der Waals surface area contributed by atoms with Crippen molar-refractivity contribution >= 4 is 0 Å². The summed E-state index contributed by atoms with van der Waals surface area (Å²) in [6.07, 6.45) is 3.68. The van der Waals surface area contributed by atoms with Crippen molar-refractivity contribution in [3.05, 3.63) is 0 Å². The quantitative estimate of drug-likeness (QED) is 0.753. The number of aliphatic hydroxyl groups excluding tert-OH is 1. The number of aliphatic hydroxyl groups is 1. The summed E-state index contributed by atoms with van der Waals surface area (Å²) in [4.78, 5) is 0. The van der Waals surface area contributed by atoms with Crippen LogP contribution in [0.2, 0.25) is 0 Å². The van der Waals surface area contributed by atoms with E-state index in [0.29, 0.717) is 5.92 Å². The summed E-state index contributed by atoms with van der Waals surface area (Å²) in [6, 6.07) is 0.275. The Bertz CT molecular complexity index is 228. The lowest BCUT2D eigenvalue weighted by Gasteiger charge is -2.24. The van der Waals surface area contributed by atoms with Crippen molar-refractivity contribution in [2.45, 2.75) is 84.3 Å². The van der Waals surface area contributed by atoms with Crippen LogP contribution < -0.4 is 5.32 Å². The third-order valence-electron chi connectivity index (χ3n) is 3.32. The summed E-state index contributed by atoms with van der Waals surface area (Å²) in [5.41, 5.74) is -0.308. The minimum Gasteiger partial charge on any atom is -0.390 e. The Morgan fingerprint density at radius 3 is 2.53 bits per heavy atom. The maximum atomic E-state index is 10.2. The highest BCUT2D eigenvalue weighted by molar-refractivity contribution is 4.94. The zero-order valence-corrected chi connectivity index (χ0v) is 12.0. The topological polar surface area (TPSA) is 41.5 Å². The molecule has 1 saturated heterocycles. The third-order valence-corrected chi connectivity index (χ3v) is 3.32. The van der Waals surface area contributed by atoms with E-state index in [1.807, 2.05) is 13.8 Å². The first-order valence-electron chi connectivity index (χ1n) is 6.99. The van der Waals surface area contributed by atoms with Gasteiger partial charge in [0.1, 0.15) is 11.8 Å². The van der Waals surface area contributed by atoms with Gasteiger partial charge in [-0.3, -0.25) is 5.32 Å². The van der Waals surface area contributed by atoms with E-state index in [9.17, 15) is 5.11 Å². The van der Waals surface area contributed by atoms with Gasteiger partial charge in [0, 0.05) is 6.04 Å². The molecule has 0 amide bonds. The van der Waals surface area contributed by atoms with Gasteiger partial charge >= 0.3 is 0 Å². The predicted octanol–water partition coefficient (Wildman–Crippen LogP) is 2.68. The summed E-state index contributed by atoms with van der Waals surface area (Å²) >= 11 is 0. The second-order valence-electron chi connectivity index (χ2n) is 6.18. The van der Waals surface area contributed by atoms with Gasteiger partial charge in [0.2, 0.25) is 0 Å². The Morgan fingerprint density at radius 2 is 2.00 bits per heavy atom. The number of hydrogen-bond donors (Lipinski definition) is 2. The van der Waals surface area contributed by atoms with E-state index in [4.69, 9.17) is 4.74 Å². The monoisotopic (exact) mass is 243 g/mol. The highest BCUT2D eigenvalue weighted by Crippen LogP contribution is 2.28. The van der Waals surface area contributed by atoms with Crippen LogP contribution in [0.4, 0.5) is 0 Å². The molecule has 0 aliphatic carbocycles. The molecule has 17 heavy (non-hydrogen) atoms. The molecule has 3 nitrogen and oxygen atoms in total. The lowest BCUT2D eigenvalue weighted by Crippen LogP contribution is -2.41. The van der Waals surface area contributed by atoms with Gasteiger partial charge in [-0.15, -0.1) is 0 Å². The molecule has 102 valence electrons. The lowest BCUT2D eigenvalue weighted by atomic mass is 9.94. The standard InChI is InChI=1S/C14H29NO2/c1-6-7-8-12(16)13-11(9-10(2)3)15-14(4,5)17-13/h10-13,15-16H,6-9H2,1-5H3/t11-,12-,13-/m0/s1. The summed E-state index contributed by atoms with van der Waals surface area (Å²) in [6.45, 7) is 10.6. The Balaban J connectivity index is 2.59. The molecule has 0 bridgehead atoms. The maximum Gasteiger partial charge on any atom is 0.114 e. The van der Waals surface area contributed by atoms with Gasteiger partial charge < -0.3 is 9.84 Å². The molecule has 2 N–H and O–H groups in total. The van der Waals surface area contributed by atoms with Gasteiger partial charge in [-0.25, -0.2) is 0 Å². The van der Waals surface area contributed by atoms with E-state index in [0.717, 1.165) is 25.7 Å². The molecule has 0 aromatic rings. The molecule has 1 rings (SSSR count). The second kappa shape index (κ2) is 6.17. The van der Waals surface area contributed by atoms with E-state index >= 15 is 0 Å². The fraction of sp³-hybridized carbons (Fsp3) is 1.00. The van der Waals surface area contributed by atoms with Crippen LogP contribution in [0, 0.1) is 5.92 Å². The van der Waals surface area contributed by atoms with Crippen molar-refractivity contribution in [3.63, 3.8) is 0 Å². The molecule has 0 spiro atoms. The van der Waals surface area contributed by atoms with Gasteiger partial charge in [-0.2, -0.15) is 0 Å². The number of hydrogen-bond acceptors (Lipinski definition) is 3. The fourth-order valence-electron chi connectivity index (χ4n) is 2.61. The van der Waals surface area contributed by atoms with E-state index in [1.165, 1.54) is 0 Å². The number of unbranched alkanes of at least 4 members (excludes halogenated alkanes) is 1. The van der Waals surface area contributed by atoms with Gasteiger partial charge in [0.25, 0.3) is 0 Å². The van der Waals surface area contributed by atoms with Crippen molar-refractivity contribution in [2.75, 3.05) is 0 Å². The van der Waals surface area contributed by atoms with Crippen molar-refractivity contribution < 1.29 is 9.84 Å². The Labute approximate surface area is 106 Å². The zero-order chi connectivity index (χ0) is 13.1. The Morgan fingerprint density at radius 1 is 1.35 bits per heavy atom. The van der Waals surface area contributed by atoms with Crippen LogP contribution in [0.25, 0.3) is 0 Å². The molecule has 0 aromatic carbocycles. The minimum atomic E-state index is -0.340. The van der Waals surface area contributed by atoms with Gasteiger partial charge in [0.15, 0.2) is 0 Å². The average molecular weight is 243 g/mol. The normalized spacial score (nSPS) is 29.8. The predicted molar refractivity (Wildman–Crippen MR) is 70.9 cm³/mol. The van der Waals surface area contributed by atoms with E-state index < -0.39 is 0 Å². The largest absolute Gasteiger partial charge is 0.390 e. The molecule has 0 radical (unpaired) electrons. The Hall–Kier alpha value is -0.120. The molecule has 0 unspecified atom stereocenters. The molecular weight excluding hydrogens is 214 g/mol. The van der Waals surface area contributed by atoms with Crippen molar-refractivity contribution in [2.24, 2.45) is 5.92 Å². The highest BCUT2D eigenvalue weighted by Gasteiger charge is 2.42. The molecule has 0 saturated carbocycles. The number of rotatable bonds is 6. The van der Waals surface area contributed by atoms with Crippen LogP contribution in [0.15, 0.2) is 0 Å². The first kappa shape index (κ1) is 14.9. The van der Waals surface area contributed by atoms with Crippen LogP contribution in [-0.4, -0.2) is 29.1 Å². The average Bonchev–Trinajstić information content (AvgIpc) is 2.49. The zero-order valence-electron chi connectivity index (χ0n) is 12.0. The van der Waals surface area contributed by atoms with Crippen molar-refractivity contribution in [1.29, 1.82) is 0 Å². The smallest absolute Gasteiger partial charge is 0.114 e. The molecular formula is C14H29NO2. The second-order valence-corrected chi connectivity index (χ2v) is 6.18. The Kier molecular flexibility index (Phi) is 5.42. The van der Waals surface area contributed by atoms with Gasteiger partial charge in [-0.05, 0) is 32.6 Å². The van der Waals surface area contributed by atoms with Crippen molar-refractivity contribution in [3.8, 4) is 0 Å². The van der Waals surface area contributed by atoms with Crippen LogP contribution >= 0.6 is 0 Å². The number of nitrogens with one attached hydrogen (secondary N) is 1. The molecule has 1 fully saturated rings. The van der Waals surface area contributed by atoms with Crippen LogP contribution in [0.5, 0.6) is 0 Å². The molecule has 3 heteroatoms. The summed E-state index contributed by atoms with van der Waals surface area (Å²) in [7, 11) is 0. The van der Waals surface area contributed by atoms with Crippen LogP contribution in [0.1, 0.15) is 60.3 Å². The molecule has 3 atom stereocenters. The third kappa shape index (κ3) is 4.57. The van der Waals surface area contributed by atoms with Crippen LogP contribution in [-0.2, 0) is 4.74 Å². The fourth-order valence-corrected chi connectivity index (χ4v) is 2.61. The van der Waals surface area contributed by atoms with Crippen molar-refractivity contribution in [1.82, 2.24) is 5.32 Å². The molecule has 1 heterocycles. The van der Waals surface area contributed by atoms with E-state index in [2.05, 4.69) is 26.1 Å². The lowest BCUT2D eigenvalue weighted by molar-refractivity contribution is -0.0801. The minimum absolute atomic E-state index is 0.0565. The first-order valence-corrected chi connectivity index (χ1v) is 6.99. The summed E-state index contributed by atoms with van der Waals surface area (Å²) < 4.78 is 5.96. The van der Waals surface area contributed by atoms with E-state index in [1.54, 1.807) is 0 Å². The first-order chi connectivity index (χ1) is 7.85. The summed E-state index contributed by atoms with van der Waals surface area (Å²) in [5, 5.41) is 13.7. The van der Waals surface area contributed by atoms with Gasteiger partial charge in [0.05, 0.1) is 6.10 Å². The summed E-state index contributed by atoms with van der Waals surface area (Å²) in [5.74, 6) is 0.617. The maximum absolute atomic E-state index is 10.2. The SMILES string of the molecule is CCCC[C@H](O)[C@H]1OC(C)(C)N[C@H]1CC(C)C. The number of ether oxygens (including phenoxy) is 1. The molecule has 1 aliphatic rings. The van der Waals surface area contributed by atoms with Crippen LogP contribution in [0.3, 0.4) is 0 Å². The van der Waals surface area contributed by atoms with E-state index in [-0.39, 0.29) is 24.0 Å². The highest BCUT2D eigenvalue weighted by atomic mass is 16.5. The molecule has 1 aliphatic heterocycles. The van der Waals surface area contributed by atoms with Gasteiger partial charge in [-0.1, -0.05) is 33.6 Å². The molecule has 0 aromatic heterocycles.